The van der Waals surface area contributed by atoms with Crippen molar-refractivity contribution in [2.75, 3.05) is 5.73 Å². The van der Waals surface area contributed by atoms with Crippen LogP contribution in [0.5, 0.6) is 0 Å². The summed E-state index contributed by atoms with van der Waals surface area (Å²) in [6.45, 7) is 2.06. The highest BCUT2D eigenvalue weighted by Crippen LogP contribution is 2.29. The van der Waals surface area contributed by atoms with Crippen LogP contribution in [0.1, 0.15) is 5.56 Å². The van der Waals surface area contributed by atoms with Gasteiger partial charge in [-0.25, -0.2) is 4.98 Å². The van der Waals surface area contributed by atoms with E-state index in [0.717, 1.165) is 21.4 Å². The lowest BCUT2D eigenvalue weighted by Crippen LogP contribution is -1.93. The van der Waals surface area contributed by atoms with Crippen LogP contribution >= 0.6 is 15.9 Å². The lowest BCUT2D eigenvalue weighted by atomic mass is 10.1. The van der Waals surface area contributed by atoms with Gasteiger partial charge in [-0.2, -0.15) is 0 Å². The molecular weight excluding hydrogens is 290 g/mol. The molecule has 0 amide bonds. The van der Waals surface area contributed by atoms with E-state index in [0.29, 0.717) is 5.82 Å². The normalized spacial score (nSPS) is 11.0. The van der Waals surface area contributed by atoms with Crippen LogP contribution in [0, 0.1) is 6.92 Å². The molecule has 18 heavy (non-hydrogen) atoms. The van der Waals surface area contributed by atoms with E-state index >= 15 is 0 Å². The van der Waals surface area contributed by atoms with Gasteiger partial charge in [0, 0.05) is 16.2 Å². The van der Waals surface area contributed by atoms with Crippen LogP contribution in [0.15, 0.2) is 47.1 Å². The molecule has 2 aromatic heterocycles. The van der Waals surface area contributed by atoms with E-state index in [1.54, 1.807) is 0 Å². The molecule has 0 atom stereocenters. The van der Waals surface area contributed by atoms with Gasteiger partial charge in [0.1, 0.15) is 17.2 Å². The highest BCUT2D eigenvalue weighted by Gasteiger charge is 2.11. The van der Waals surface area contributed by atoms with Gasteiger partial charge in [0.2, 0.25) is 0 Å². The van der Waals surface area contributed by atoms with Gasteiger partial charge in [0.25, 0.3) is 0 Å². The number of anilines is 1. The molecule has 0 radical (unpaired) electrons. The number of hydrogen-bond acceptors (Lipinski definition) is 2. The highest BCUT2D eigenvalue weighted by molar-refractivity contribution is 9.10. The van der Waals surface area contributed by atoms with E-state index in [4.69, 9.17) is 5.73 Å². The second-order valence-corrected chi connectivity index (χ2v) is 5.09. The molecule has 3 nitrogen and oxygen atoms in total. The number of imidazole rings is 1. The fourth-order valence-electron chi connectivity index (χ4n) is 1.97. The minimum absolute atomic E-state index is 0.668. The van der Waals surface area contributed by atoms with Crippen molar-refractivity contribution < 1.29 is 0 Å². The largest absolute Gasteiger partial charge is 0.383 e. The SMILES string of the molecule is Cc1ccc(-c2nc3ccccn3c2N)cc1Br. The average molecular weight is 302 g/mol. The zero-order valence-corrected chi connectivity index (χ0v) is 11.5. The van der Waals surface area contributed by atoms with Gasteiger partial charge in [-0.1, -0.05) is 34.1 Å². The first-order valence-corrected chi connectivity index (χ1v) is 6.45. The second kappa shape index (κ2) is 4.14. The average Bonchev–Trinajstić information content (AvgIpc) is 2.71. The Morgan fingerprint density at radius 2 is 2.06 bits per heavy atom. The van der Waals surface area contributed by atoms with E-state index < -0.39 is 0 Å². The molecule has 2 N–H and O–H groups in total. The number of aromatic nitrogens is 2. The predicted octanol–water partition coefficient (Wildman–Crippen LogP) is 3.65. The zero-order valence-electron chi connectivity index (χ0n) is 9.89. The Morgan fingerprint density at radius 3 is 2.78 bits per heavy atom. The smallest absolute Gasteiger partial charge is 0.139 e. The van der Waals surface area contributed by atoms with E-state index in [9.17, 15) is 0 Å². The van der Waals surface area contributed by atoms with Crippen molar-refractivity contribution in [1.82, 2.24) is 9.38 Å². The summed E-state index contributed by atoms with van der Waals surface area (Å²) < 4.78 is 2.96. The summed E-state index contributed by atoms with van der Waals surface area (Å²) in [5.74, 6) is 0.668. The van der Waals surface area contributed by atoms with Crippen molar-refractivity contribution in [1.29, 1.82) is 0 Å². The fraction of sp³-hybridized carbons (Fsp3) is 0.0714. The molecule has 1 aromatic carbocycles. The first-order chi connectivity index (χ1) is 8.66. The van der Waals surface area contributed by atoms with E-state index in [1.165, 1.54) is 5.56 Å². The van der Waals surface area contributed by atoms with E-state index in [1.807, 2.05) is 40.9 Å². The highest BCUT2D eigenvalue weighted by atomic mass is 79.9. The first-order valence-electron chi connectivity index (χ1n) is 5.66. The quantitative estimate of drug-likeness (QED) is 0.745. The van der Waals surface area contributed by atoms with Crippen molar-refractivity contribution in [3.05, 3.63) is 52.6 Å². The summed E-state index contributed by atoms with van der Waals surface area (Å²) in [4.78, 5) is 4.57. The molecule has 0 aliphatic carbocycles. The Bertz CT molecular complexity index is 731. The summed E-state index contributed by atoms with van der Waals surface area (Å²) in [7, 11) is 0. The second-order valence-electron chi connectivity index (χ2n) is 4.24. The number of rotatable bonds is 1. The topological polar surface area (TPSA) is 43.3 Å². The first kappa shape index (κ1) is 11.3. The third-order valence-electron chi connectivity index (χ3n) is 3.01. The Kier molecular flexibility index (Phi) is 2.59. The number of hydrogen-bond donors (Lipinski definition) is 1. The third-order valence-corrected chi connectivity index (χ3v) is 3.87. The van der Waals surface area contributed by atoms with Crippen molar-refractivity contribution >= 4 is 27.4 Å². The summed E-state index contributed by atoms with van der Waals surface area (Å²) in [5.41, 5.74) is 10.0. The maximum Gasteiger partial charge on any atom is 0.139 e. The van der Waals surface area contributed by atoms with Crippen molar-refractivity contribution in [2.24, 2.45) is 0 Å². The molecule has 0 saturated heterocycles. The van der Waals surface area contributed by atoms with Gasteiger partial charge < -0.3 is 5.73 Å². The maximum atomic E-state index is 6.14. The van der Waals surface area contributed by atoms with Crippen LogP contribution in [0.2, 0.25) is 0 Å². The molecule has 90 valence electrons. The number of nitrogen functional groups attached to an aromatic ring is 1. The van der Waals surface area contributed by atoms with Gasteiger partial charge in [-0.15, -0.1) is 0 Å². The molecule has 2 heterocycles. The Balaban J connectivity index is 2.25. The van der Waals surface area contributed by atoms with Crippen molar-refractivity contribution in [2.45, 2.75) is 6.92 Å². The van der Waals surface area contributed by atoms with Crippen molar-refractivity contribution in [3.8, 4) is 11.3 Å². The molecule has 4 heteroatoms. The number of fused-ring (bicyclic) bond motifs is 1. The number of nitrogens with two attached hydrogens (primary N) is 1. The maximum absolute atomic E-state index is 6.14. The molecule has 3 rings (SSSR count). The molecule has 0 saturated carbocycles. The molecule has 0 aliphatic heterocycles. The van der Waals surface area contributed by atoms with Gasteiger partial charge in [-0.05, 0) is 30.7 Å². The van der Waals surface area contributed by atoms with Gasteiger partial charge >= 0.3 is 0 Å². The lowest BCUT2D eigenvalue weighted by molar-refractivity contribution is 1.20. The number of benzene rings is 1. The summed E-state index contributed by atoms with van der Waals surface area (Å²) in [6, 6.07) is 12.0. The Hall–Kier alpha value is -1.81. The van der Waals surface area contributed by atoms with Crippen LogP contribution in [-0.4, -0.2) is 9.38 Å². The third kappa shape index (κ3) is 1.69. The number of halogens is 1. The minimum Gasteiger partial charge on any atom is -0.383 e. The van der Waals surface area contributed by atoms with Crippen LogP contribution in [0.25, 0.3) is 16.9 Å². The Morgan fingerprint density at radius 1 is 1.22 bits per heavy atom. The summed E-state index contributed by atoms with van der Waals surface area (Å²) in [5, 5.41) is 0. The van der Waals surface area contributed by atoms with Crippen LogP contribution < -0.4 is 5.73 Å². The molecule has 0 fully saturated rings. The summed E-state index contributed by atoms with van der Waals surface area (Å²) >= 11 is 3.54. The molecular formula is C14H12BrN3. The molecule has 0 bridgehead atoms. The minimum atomic E-state index is 0.668. The fourth-order valence-corrected chi connectivity index (χ4v) is 2.35. The monoisotopic (exact) mass is 301 g/mol. The number of pyridine rings is 1. The van der Waals surface area contributed by atoms with Gasteiger partial charge in [-0.3, -0.25) is 4.40 Å². The van der Waals surface area contributed by atoms with E-state index in [-0.39, 0.29) is 0 Å². The Labute approximate surface area is 113 Å². The lowest BCUT2D eigenvalue weighted by Gasteiger charge is -2.02. The standard InChI is InChI=1S/C14H12BrN3/c1-9-5-6-10(8-11(9)15)13-14(16)18-7-3-2-4-12(18)17-13/h2-8H,16H2,1H3. The predicted molar refractivity (Wildman–Crippen MR) is 77.5 cm³/mol. The summed E-state index contributed by atoms with van der Waals surface area (Å²) in [6.07, 6.45) is 1.92. The van der Waals surface area contributed by atoms with Crippen LogP contribution in [-0.2, 0) is 0 Å². The van der Waals surface area contributed by atoms with Gasteiger partial charge in [0.05, 0.1) is 0 Å². The van der Waals surface area contributed by atoms with E-state index in [2.05, 4.69) is 33.9 Å². The number of aryl methyl sites for hydroxylation is 1. The molecule has 0 spiro atoms. The number of nitrogens with zero attached hydrogens (tertiary/aromatic N) is 2. The molecule has 0 aliphatic rings. The van der Waals surface area contributed by atoms with Crippen LogP contribution in [0.3, 0.4) is 0 Å². The van der Waals surface area contributed by atoms with Crippen molar-refractivity contribution in [3.63, 3.8) is 0 Å². The van der Waals surface area contributed by atoms with Crippen LogP contribution in [0.4, 0.5) is 5.82 Å². The zero-order chi connectivity index (χ0) is 12.7. The molecule has 3 aromatic rings. The van der Waals surface area contributed by atoms with Gasteiger partial charge in [0.15, 0.2) is 0 Å². The molecule has 0 unspecified atom stereocenters.